The van der Waals surface area contributed by atoms with Crippen LogP contribution in [0, 0.1) is 0 Å². The van der Waals surface area contributed by atoms with Crippen molar-refractivity contribution in [3.05, 3.63) is 24.3 Å². The van der Waals surface area contributed by atoms with Crippen LogP contribution in [-0.4, -0.2) is 89.1 Å². The molecule has 0 saturated carbocycles. The van der Waals surface area contributed by atoms with Gasteiger partial charge in [-0.3, -0.25) is 4.89 Å². The van der Waals surface area contributed by atoms with E-state index in [0.717, 1.165) is 18.2 Å². The minimum absolute atomic E-state index is 0.0198. The normalized spacial score (nSPS) is 10.8. The van der Waals surface area contributed by atoms with Crippen molar-refractivity contribution in [2.75, 3.05) is 60.0 Å². The molecule has 0 rings (SSSR count). The van der Waals surface area contributed by atoms with E-state index >= 15 is 0 Å². The molecule has 1 N–H and O–H groups in total. The minimum Gasteiger partial charge on any atom is -0.466 e. The maximum atomic E-state index is 11.2. The zero-order valence-corrected chi connectivity index (χ0v) is 15.9. The van der Waals surface area contributed by atoms with E-state index in [9.17, 15) is 19.2 Å². The lowest BCUT2D eigenvalue weighted by Gasteiger charge is -2.07. The number of hydrogen-bond acceptors (Lipinski definition) is 12. The van der Waals surface area contributed by atoms with Gasteiger partial charge in [0.1, 0.15) is 13.2 Å². The van der Waals surface area contributed by atoms with Crippen LogP contribution in [0.2, 0.25) is 0 Å². The third-order valence-corrected chi connectivity index (χ3v) is 2.69. The summed E-state index contributed by atoms with van der Waals surface area (Å²) in [5.41, 5.74) is 0. The van der Waals surface area contributed by atoms with Crippen LogP contribution in [0.1, 0.15) is 0 Å². The van der Waals surface area contributed by atoms with Crippen molar-refractivity contribution in [2.24, 2.45) is 0 Å². The van der Waals surface area contributed by atoms with Gasteiger partial charge in [-0.25, -0.2) is 19.2 Å². The highest BCUT2D eigenvalue weighted by molar-refractivity contribution is 5.92. The van der Waals surface area contributed by atoms with Gasteiger partial charge in [-0.15, -0.1) is 0 Å². The Bertz CT molecular complexity index is 507. The quantitative estimate of drug-likeness (QED) is 0.0849. The number of methoxy groups -OCH3 is 1. The Morgan fingerprint density at radius 1 is 0.586 bits per heavy atom. The second kappa shape index (κ2) is 18.6. The molecule has 12 nitrogen and oxygen atoms in total. The van der Waals surface area contributed by atoms with E-state index in [-0.39, 0.29) is 39.6 Å². The summed E-state index contributed by atoms with van der Waals surface area (Å²) in [4.78, 5) is 46.9. The molecule has 0 fully saturated rings. The molecule has 0 radical (unpaired) electrons. The van der Waals surface area contributed by atoms with Crippen molar-refractivity contribution in [3.8, 4) is 0 Å². The molecule has 0 aromatic carbocycles. The summed E-state index contributed by atoms with van der Waals surface area (Å²) in [5.74, 6) is -3.20. The number of carbonyl (C=O) groups excluding carboxylic acids is 4. The van der Waals surface area contributed by atoms with E-state index in [4.69, 9.17) is 28.9 Å². The van der Waals surface area contributed by atoms with Gasteiger partial charge in [-0.05, 0) is 0 Å². The van der Waals surface area contributed by atoms with E-state index in [1.165, 1.54) is 7.11 Å². The van der Waals surface area contributed by atoms with Crippen LogP contribution in [0.4, 0.5) is 0 Å². The first-order valence-corrected chi connectivity index (χ1v) is 8.35. The Morgan fingerprint density at radius 3 is 1.31 bits per heavy atom. The molecular formula is C17H24O12. The zero-order chi connectivity index (χ0) is 21.7. The third-order valence-electron chi connectivity index (χ3n) is 2.69. The lowest BCUT2D eigenvalue weighted by Crippen LogP contribution is -2.14. The maximum absolute atomic E-state index is 11.2. The Labute approximate surface area is 166 Å². The van der Waals surface area contributed by atoms with E-state index in [1.54, 1.807) is 0 Å². The fraction of sp³-hybridized carbons (Fsp3) is 0.529. The minimum atomic E-state index is -1.09. The van der Waals surface area contributed by atoms with Gasteiger partial charge in [0.15, 0.2) is 0 Å². The highest BCUT2D eigenvalue weighted by Gasteiger charge is 2.01. The zero-order valence-electron chi connectivity index (χ0n) is 15.9. The molecule has 29 heavy (non-hydrogen) atoms. The van der Waals surface area contributed by atoms with Gasteiger partial charge < -0.3 is 28.4 Å². The van der Waals surface area contributed by atoms with Crippen LogP contribution in [-0.2, 0) is 52.5 Å². The summed E-state index contributed by atoms with van der Waals surface area (Å²) in [7, 11) is 1.19. The van der Waals surface area contributed by atoms with Gasteiger partial charge in [-0.2, -0.15) is 5.26 Å². The topological polar surface area (TPSA) is 153 Å². The molecule has 0 bridgehead atoms. The summed E-state index contributed by atoms with van der Waals surface area (Å²) >= 11 is 0. The molecule has 164 valence electrons. The number of esters is 3. The average molecular weight is 420 g/mol. The summed E-state index contributed by atoms with van der Waals surface area (Å²) < 4.78 is 29.4. The Kier molecular flexibility index (Phi) is 16.8. The van der Waals surface area contributed by atoms with Crippen molar-refractivity contribution < 1.29 is 57.7 Å². The molecule has 0 aromatic heterocycles. The molecular weight excluding hydrogens is 396 g/mol. The molecule has 0 aliphatic rings. The van der Waals surface area contributed by atoms with Gasteiger partial charge in [0.2, 0.25) is 0 Å². The van der Waals surface area contributed by atoms with Crippen LogP contribution < -0.4 is 0 Å². The summed E-state index contributed by atoms with van der Waals surface area (Å²) in [6.45, 7) is 1.49. The van der Waals surface area contributed by atoms with Crippen molar-refractivity contribution in [3.63, 3.8) is 0 Å². The molecule has 0 aliphatic carbocycles. The molecule has 0 spiro atoms. The van der Waals surface area contributed by atoms with Crippen molar-refractivity contribution >= 4 is 23.9 Å². The SMILES string of the molecule is COC(=O)/C=C/C(=O)OCCOCCOCCOCCOC(=O)/C=C/C(=O)OO. The Morgan fingerprint density at radius 2 is 0.931 bits per heavy atom. The summed E-state index contributed by atoms with van der Waals surface area (Å²) in [5, 5.41) is 7.97. The fourth-order valence-corrected chi connectivity index (χ4v) is 1.41. The van der Waals surface area contributed by atoms with Gasteiger partial charge >= 0.3 is 23.9 Å². The molecule has 0 unspecified atom stereocenters. The Balaban J connectivity index is 3.37. The van der Waals surface area contributed by atoms with Gasteiger partial charge in [0, 0.05) is 24.3 Å². The van der Waals surface area contributed by atoms with E-state index in [0.29, 0.717) is 19.3 Å². The first-order chi connectivity index (χ1) is 14.0. The van der Waals surface area contributed by atoms with Crippen molar-refractivity contribution in [1.82, 2.24) is 0 Å². The summed E-state index contributed by atoms with van der Waals surface area (Å²) in [6, 6.07) is 0. The molecule has 0 aliphatic heterocycles. The smallest absolute Gasteiger partial charge is 0.365 e. The van der Waals surface area contributed by atoms with Gasteiger partial charge in [-0.1, -0.05) is 0 Å². The summed E-state index contributed by atoms with van der Waals surface area (Å²) in [6.07, 6.45) is 3.43. The van der Waals surface area contributed by atoms with Crippen molar-refractivity contribution in [1.29, 1.82) is 0 Å². The predicted octanol–water partition coefficient (Wildman–Crippen LogP) is -0.576. The van der Waals surface area contributed by atoms with E-state index in [2.05, 4.69) is 9.62 Å². The lowest BCUT2D eigenvalue weighted by molar-refractivity contribution is -0.228. The second-order valence-corrected chi connectivity index (χ2v) is 4.77. The van der Waals surface area contributed by atoms with Crippen LogP contribution in [0.3, 0.4) is 0 Å². The Hall–Kier alpha value is -2.80. The standard InChI is InChI=1S/C17H24O12/c1-23-14(18)2-3-15(19)27-12-10-25-8-6-24-7-9-26-11-13-28-16(20)4-5-17(21)29-22/h2-5,22H,6-13H2,1H3/b3-2+,5-4+. The fourth-order valence-electron chi connectivity index (χ4n) is 1.41. The monoisotopic (exact) mass is 420 g/mol. The van der Waals surface area contributed by atoms with Crippen LogP contribution in [0.25, 0.3) is 0 Å². The predicted molar refractivity (Wildman–Crippen MR) is 93.4 cm³/mol. The molecule has 0 aromatic rings. The third kappa shape index (κ3) is 18.3. The van der Waals surface area contributed by atoms with Crippen LogP contribution in [0.5, 0.6) is 0 Å². The maximum Gasteiger partial charge on any atom is 0.365 e. The van der Waals surface area contributed by atoms with E-state index in [1.807, 2.05) is 0 Å². The average Bonchev–Trinajstić information content (AvgIpc) is 2.73. The lowest BCUT2D eigenvalue weighted by atomic mass is 10.5. The number of hydrogen-bond donors (Lipinski definition) is 1. The molecule has 0 amide bonds. The highest BCUT2D eigenvalue weighted by Crippen LogP contribution is 1.88. The number of rotatable bonds is 16. The van der Waals surface area contributed by atoms with Crippen molar-refractivity contribution in [2.45, 2.75) is 0 Å². The molecule has 0 atom stereocenters. The van der Waals surface area contributed by atoms with Gasteiger partial charge in [0.25, 0.3) is 0 Å². The molecule has 12 heteroatoms. The first-order valence-electron chi connectivity index (χ1n) is 8.35. The van der Waals surface area contributed by atoms with E-state index < -0.39 is 23.9 Å². The second-order valence-electron chi connectivity index (χ2n) is 4.77. The van der Waals surface area contributed by atoms with Crippen LogP contribution in [0.15, 0.2) is 24.3 Å². The largest absolute Gasteiger partial charge is 0.466 e. The van der Waals surface area contributed by atoms with Gasteiger partial charge in [0.05, 0.1) is 46.8 Å². The number of carbonyl (C=O) groups is 4. The first kappa shape index (κ1) is 26.2. The van der Waals surface area contributed by atoms with Crippen LogP contribution >= 0.6 is 0 Å². The number of ether oxygens (including phenoxy) is 6. The highest BCUT2D eigenvalue weighted by atomic mass is 17.1. The molecule has 0 saturated heterocycles. The molecule has 0 heterocycles.